The van der Waals surface area contributed by atoms with Crippen LogP contribution in [0.5, 0.6) is 5.75 Å². The molecule has 0 aromatic heterocycles. The van der Waals surface area contributed by atoms with Gasteiger partial charge in [-0.1, -0.05) is 18.6 Å². The van der Waals surface area contributed by atoms with Gasteiger partial charge in [-0.15, -0.1) is 0 Å². The van der Waals surface area contributed by atoms with E-state index in [1.165, 1.54) is 12.7 Å². The lowest BCUT2D eigenvalue weighted by Crippen LogP contribution is -2.37. The quantitative estimate of drug-likeness (QED) is 0.289. The summed E-state index contributed by atoms with van der Waals surface area (Å²) in [6.45, 7) is 7.57. The van der Waals surface area contributed by atoms with Gasteiger partial charge in [0.25, 0.3) is 0 Å². The molecule has 0 aliphatic heterocycles. The minimum atomic E-state index is -0.145. The van der Waals surface area contributed by atoms with Gasteiger partial charge in [0.1, 0.15) is 5.75 Å². The maximum Gasteiger partial charge on any atom is 0.305 e. The highest BCUT2D eigenvalue weighted by Crippen LogP contribution is 2.21. The molecule has 26 heavy (non-hydrogen) atoms. The summed E-state index contributed by atoms with van der Waals surface area (Å²) in [7, 11) is 3.18. The Balaban J connectivity index is 2.39. The fraction of sp³-hybridized carbons (Fsp3) is 0.600. The predicted molar refractivity (Wildman–Crippen MR) is 106 cm³/mol. The number of esters is 1. The zero-order chi connectivity index (χ0) is 19.4. The molecule has 0 spiro atoms. The second-order valence-electron chi connectivity index (χ2n) is 6.52. The standard InChI is InChI=1S/C20H33N3O3/c1-15(2)26-18-13-16(3)10-11-17(18)14-23-20(21-4)22-12-8-6-7-9-19(24)25-5/h10-11,13,15H,6-9,12,14H2,1-5H3,(H2,21,22,23). The molecule has 146 valence electrons. The Labute approximate surface area is 157 Å². The van der Waals surface area contributed by atoms with Crippen LogP contribution >= 0.6 is 0 Å². The Bertz CT molecular complexity index is 586. The van der Waals surface area contributed by atoms with Crippen molar-refractivity contribution in [3.63, 3.8) is 0 Å². The number of aryl methyl sites for hydroxylation is 1. The monoisotopic (exact) mass is 363 g/mol. The van der Waals surface area contributed by atoms with E-state index in [0.717, 1.165) is 43.1 Å². The number of carbonyl (C=O) groups excluding carboxylic acids is 1. The van der Waals surface area contributed by atoms with Crippen molar-refractivity contribution in [3.05, 3.63) is 29.3 Å². The third kappa shape index (κ3) is 8.74. The van der Waals surface area contributed by atoms with E-state index in [-0.39, 0.29) is 12.1 Å². The molecule has 1 aromatic rings. The zero-order valence-electron chi connectivity index (χ0n) is 16.7. The van der Waals surface area contributed by atoms with E-state index in [0.29, 0.717) is 13.0 Å². The van der Waals surface area contributed by atoms with Crippen LogP contribution in [-0.2, 0) is 16.1 Å². The molecule has 0 fully saturated rings. The number of unbranched alkanes of at least 4 members (excludes halogenated alkanes) is 2. The Morgan fingerprint density at radius 1 is 1.19 bits per heavy atom. The number of nitrogens with one attached hydrogen (secondary N) is 2. The molecule has 0 atom stereocenters. The minimum absolute atomic E-state index is 0.137. The lowest BCUT2D eigenvalue weighted by Gasteiger charge is -2.17. The predicted octanol–water partition coefficient (Wildman–Crippen LogP) is 3.18. The molecule has 0 amide bonds. The van der Waals surface area contributed by atoms with E-state index in [1.807, 2.05) is 13.8 Å². The molecule has 0 aliphatic carbocycles. The molecule has 0 heterocycles. The van der Waals surface area contributed by atoms with Gasteiger partial charge in [0.05, 0.1) is 13.2 Å². The third-order valence-corrected chi connectivity index (χ3v) is 3.83. The molecular weight excluding hydrogens is 330 g/mol. The van der Waals surface area contributed by atoms with Gasteiger partial charge < -0.3 is 20.1 Å². The number of guanidine groups is 1. The lowest BCUT2D eigenvalue weighted by atomic mass is 10.1. The molecular formula is C20H33N3O3. The maximum absolute atomic E-state index is 11.1. The van der Waals surface area contributed by atoms with E-state index in [4.69, 9.17) is 4.74 Å². The first-order valence-corrected chi connectivity index (χ1v) is 9.23. The minimum Gasteiger partial charge on any atom is -0.491 e. The van der Waals surface area contributed by atoms with Gasteiger partial charge in [0.2, 0.25) is 0 Å². The van der Waals surface area contributed by atoms with Crippen molar-refractivity contribution >= 4 is 11.9 Å². The lowest BCUT2D eigenvalue weighted by molar-refractivity contribution is -0.140. The summed E-state index contributed by atoms with van der Waals surface area (Å²) < 4.78 is 10.5. The van der Waals surface area contributed by atoms with Crippen molar-refractivity contribution in [2.75, 3.05) is 20.7 Å². The normalized spacial score (nSPS) is 11.4. The Hall–Kier alpha value is -2.24. The summed E-state index contributed by atoms with van der Waals surface area (Å²) in [5.74, 6) is 1.52. The van der Waals surface area contributed by atoms with Gasteiger partial charge in [-0.3, -0.25) is 9.79 Å². The zero-order valence-corrected chi connectivity index (χ0v) is 16.7. The van der Waals surface area contributed by atoms with Crippen LogP contribution in [-0.4, -0.2) is 38.7 Å². The average Bonchev–Trinajstić information content (AvgIpc) is 2.61. The van der Waals surface area contributed by atoms with Crippen LogP contribution in [0.4, 0.5) is 0 Å². The molecule has 2 N–H and O–H groups in total. The second-order valence-corrected chi connectivity index (χ2v) is 6.52. The summed E-state index contributed by atoms with van der Waals surface area (Å²) in [6.07, 6.45) is 3.42. The smallest absolute Gasteiger partial charge is 0.305 e. The molecule has 6 nitrogen and oxygen atoms in total. The topological polar surface area (TPSA) is 72.0 Å². The highest BCUT2D eigenvalue weighted by atomic mass is 16.5. The van der Waals surface area contributed by atoms with Crippen LogP contribution in [0.25, 0.3) is 0 Å². The highest BCUT2D eigenvalue weighted by Gasteiger charge is 2.07. The number of carbonyl (C=O) groups is 1. The number of methoxy groups -OCH3 is 1. The van der Waals surface area contributed by atoms with E-state index in [9.17, 15) is 4.79 Å². The fourth-order valence-corrected chi connectivity index (χ4v) is 2.45. The highest BCUT2D eigenvalue weighted by molar-refractivity contribution is 5.79. The van der Waals surface area contributed by atoms with Crippen LogP contribution in [0.2, 0.25) is 0 Å². The van der Waals surface area contributed by atoms with E-state index in [1.54, 1.807) is 7.05 Å². The summed E-state index contributed by atoms with van der Waals surface area (Å²) in [4.78, 5) is 15.3. The SMILES string of the molecule is CN=C(NCCCCCC(=O)OC)NCc1ccc(C)cc1OC(C)C. The summed E-state index contributed by atoms with van der Waals surface area (Å²) in [6, 6.07) is 6.23. The van der Waals surface area contributed by atoms with Crippen molar-refractivity contribution in [3.8, 4) is 5.75 Å². The molecule has 0 radical (unpaired) electrons. The number of benzene rings is 1. The van der Waals surface area contributed by atoms with Crippen molar-refractivity contribution in [2.45, 2.75) is 59.1 Å². The second kappa shape index (κ2) is 12.2. The van der Waals surface area contributed by atoms with E-state index < -0.39 is 0 Å². The Morgan fingerprint density at radius 2 is 1.96 bits per heavy atom. The molecule has 0 aliphatic rings. The van der Waals surface area contributed by atoms with Gasteiger partial charge in [-0.25, -0.2) is 0 Å². The van der Waals surface area contributed by atoms with E-state index >= 15 is 0 Å². The maximum atomic E-state index is 11.1. The van der Waals surface area contributed by atoms with Gasteiger partial charge in [0.15, 0.2) is 5.96 Å². The first-order valence-electron chi connectivity index (χ1n) is 9.23. The molecule has 1 aromatic carbocycles. The first-order chi connectivity index (χ1) is 12.5. The number of aliphatic imine (C=N–C) groups is 1. The van der Waals surface area contributed by atoms with Crippen molar-refractivity contribution < 1.29 is 14.3 Å². The molecule has 6 heteroatoms. The number of ether oxygens (including phenoxy) is 2. The van der Waals surface area contributed by atoms with Crippen molar-refractivity contribution in [2.24, 2.45) is 4.99 Å². The molecule has 0 unspecified atom stereocenters. The summed E-state index contributed by atoms with van der Waals surface area (Å²) >= 11 is 0. The summed E-state index contributed by atoms with van der Waals surface area (Å²) in [5.41, 5.74) is 2.28. The van der Waals surface area contributed by atoms with Gasteiger partial charge in [-0.2, -0.15) is 0 Å². The van der Waals surface area contributed by atoms with Crippen LogP contribution < -0.4 is 15.4 Å². The molecule has 0 saturated heterocycles. The summed E-state index contributed by atoms with van der Waals surface area (Å²) in [5, 5.41) is 6.62. The number of hydrogen-bond acceptors (Lipinski definition) is 4. The number of nitrogens with zero attached hydrogens (tertiary/aromatic N) is 1. The van der Waals surface area contributed by atoms with Crippen molar-refractivity contribution in [1.29, 1.82) is 0 Å². The Kier molecular flexibility index (Phi) is 10.2. The number of hydrogen-bond donors (Lipinski definition) is 2. The molecule has 0 bridgehead atoms. The van der Waals surface area contributed by atoms with Crippen LogP contribution in [0.3, 0.4) is 0 Å². The van der Waals surface area contributed by atoms with Gasteiger partial charge >= 0.3 is 5.97 Å². The van der Waals surface area contributed by atoms with Crippen LogP contribution in [0.15, 0.2) is 23.2 Å². The van der Waals surface area contributed by atoms with Gasteiger partial charge in [-0.05, 0) is 45.2 Å². The third-order valence-electron chi connectivity index (χ3n) is 3.83. The fourth-order valence-electron chi connectivity index (χ4n) is 2.45. The molecule has 0 saturated carbocycles. The largest absolute Gasteiger partial charge is 0.491 e. The van der Waals surface area contributed by atoms with E-state index in [2.05, 4.69) is 45.5 Å². The van der Waals surface area contributed by atoms with Gasteiger partial charge in [0, 0.05) is 32.1 Å². The van der Waals surface area contributed by atoms with Crippen molar-refractivity contribution in [1.82, 2.24) is 10.6 Å². The molecule has 1 rings (SSSR count). The Morgan fingerprint density at radius 3 is 2.62 bits per heavy atom. The van der Waals surface area contributed by atoms with Crippen LogP contribution in [0, 0.1) is 6.92 Å². The average molecular weight is 364 g/mol. The number of rotatable bonds is 10. The van der Waals surface area contributed by atoms with Crippen LogP contribution in [0.1, 0.15) is 50.7 Å². The first kappa shape index (κ1) is 21.8.